The minimum absolute atomic E-state index is 0.00485. The van der Waals surface area contributed by atoms with Crippen molar-refractivity contribution in [1.82, 2.24) is 9.88 Å². The van der Waals surface area contributed by atoms with E-state index in [1.165, 1.54) is 0 Å². The van der Waals surface area contributed by atoms with Crippen LogP contribution >= 0.6 is 11.3 Å². The first-order valence-electron chi connectivity index (χ1n) is 7.03. The Morgan fingerprint density at radius 3 is 2.86 bits per heavy atom. The maximum atomic E-state index is 11.9. The van der Waals surface area contributed by atoms with E-state index >= 15 is 0 Å². The first-order valence-corrected chi connectivity index (χ1v) is 9.56. The molecular weight excluding hydrogens is 322 g/mol. The number of primary sulfonamides is 1. The molecule has 1 atom stereocenters. The lowest BCUT2D eigenvalue weighted by atomic mass is 10.1. The molecule has 118 valence electrons. The molecule has 0 saturated carbocycles. The van der Waals surface area contributed by atoms with Crippen LogP contribution in [0.3, 0.4) is 0 Å². The Bertz CT molecular complexity index is 768. The molecule has 0 spiro atoms. The highest BCUT2D eigenvalue weighted by molar-refractivity contribution is 7.89. The van der Waals surface area contributed by atoms with Gasteiger partial charge in [0.15, 0.2) is 0 Å². The minimum atomic E-state index is -3.53. The molecular formula is C14H17N3O3S2. The molecule has 6 nitrogen and oxygen atoms in total. The number of hydrogen-bond acceptors (Lipinski definition) is 5. The Balaban J connectivity index is 1.60. The number of benzene rings is 1. The molecule has 0 aliphatic carbocycles. The Morgan fingerprint density at radius 2 is 2.14 bits per heavy atom. The van der Waals surface area contributed by atoms with E-state index in [1.807, 2.05) is 24.3 Å². The van der Waals surface area contributed by atoms with Crippen LogP contribution in [0.15, 0.2) is 24.3 Å². The van der Waals surface area contributed by atoms with Crippen LogP contribution in [0.25, 0.3) is 10.2 Å². The van der Waals surface area contributed by atoms with Crippen molar-refractivity contribution in [3.8, 4) is 0 Å². The van der Waals surface area contributed by atoms with Gasteiger partial charge in [-0.2, -0.15) is 0 Å². The molecule has 3 rings (SSSR count). The number of sulfonamides is 1. The second-order valence-corrected chi connectivity index (χ2v) is 8.34. The summed E-state index contributed by atoms with van der Waals surface area (Å²) in [4.78, 5) is 18.2. The third-order valence-corrected chi connectivity index (χ3v) is 5.73. The van der Waals surface area contributed by atoms with E-state index in [-0.39, 0.29) is 24.0 Å². The van der Waals surface area contributed by atoms with Gasteiger partial charge in [0, 0.05) is 31.8 Å². The summed E-state index contributed by atoms with van der Waals surface area (Å²) in [5, 5.41) is 6.04. The average Bonchev–Trinajstić information content (AvgIpc) is 2.97. The highest BCUT2D eigenvalue weighted by Gasteiger charge is 2.31. The highest BCUT2D eigenvalue weighted by atomic mass is 32.2. The largest absolute Gasteiger partial charge is 0.342 e. The Morgan fingerprint density at radius 1 is 1.36 bits per heavy atom. The fourth-order valence-corrected chi connectivity index (χ4v) is 4.60. The molecule has 22 heavy (non-hydrogen) atoms. The van der Waals surface area contributed by atoms with Gasteiger partial charge in [-0.1, -0.05) is 12.1 Å². The van der Waals surface area contributed by atoms with Crippen molar-refractivity contribution in [2.45, 2.75) is 12.8 Å². The van der Waals surface area contributed by atoms with Gasteiger partial charge in [-0.25, -0.2) is 18.5 Å². The maximum Gasteiger partial charge on any atom is 0.222 e. The number of thiazole rings is 1. The van der Waals surface area contributed by atoms with E-state index in [1.54, 1.807) is 16.2 Å². The number of likely N-dealkylation sites (tertiary alicyclic amines) is 1. The lowest BCUT2D eigenvalue weighted by Crippen LogP contribution is -2.29. The Hall–Kier alpha value is -1.51. The molecule has 8 heteroatoms. The number of aromatic nitrogens is 1. The van der Waals surface area contributed by atoms with Crippen molar-refractivity contribution in [1.29, 1.82) is 0 Å². The van der Waals surface area contributed by atoms with Crippen LogP contribution < -0.4 is 5.14 Å². The third kappa shape index (κ3) is 3.63. The molecule has 2 heterocycles. The minimum Gasteiger partial charge on any atom is -0.342 e. The van der Waals surface area contributed by atoms with Gasteiger partial charge >= 0.3 is 0 Å². The Labute approximate surface area is 133 Å². The predicted molar refractivity (Wildman–Crippen MR) is 86.0 cm³/mol. The van der Waals surface area contributed by atoms with Crippen LogP contribution in [0.1, 0.15) is 11.4 Å². The van der Waals surface area contributed by atoms with Crippen LogP contribution in [0, 0.1) is 5.92 Å². The van der Waals surface area contributed by atoms with Crippen molar-refractivity contribution >= 4 is 37.5 Å². The van der Waals surface area contributed by atoms with Crippen molar-refractivity contribution in [2.75, 3.05) is 18.8 Å². The SMILES string of the molecule is NS(=O)(=O)CC1CC(=O)N(CCc2nc3ccccc3s2)C1. The summed E-state index contributed by atoms with van der Waals surface area (Å²) in [7, 11) is -3.53. The van der Waals surface area contributed by atoms with E-state index in [0.29, 0.717) is 19.5 Å². The average molecular weight is 339 g/mol. The number of carbonyl (C=O) groups is 1. The smallest absolute Gasteiger partial charge is 0.222 e. The van der Waals surface area contributed by atoms with Crippen molar-refractivity contribution < 1.29 is 13.2 Å². The lowest BCUT2D eigenvalue weighted by Gasteiger charge is -2.15. The second kappa shape index (κ2) is 5.94. The summed E-state index contributed by atoms with van der Waals surface area (Å²) in [6.45, 7) is 1.03. The second-order valence-electron chi connectivity index (χ2n) is 5.56. The molecule has 2 N–H and O–H groups in total. The van der Waals surface area contributed by atoms with Crippen LogP contribution in [-0.2, 0) is 21.2 Å². The van der Waals surface area contributed by atoms with Crippen molar-refractivity contribution in [3.05, 3.63) is 29.3 Å². The lowest BCUT2D eigenvalue weighted by molar-refractivity contribution is -0.127. The first-order chi connectivity index (χ1) is 10.4. The van der Waals surface area contributed by atoms with E-state index in [9.17, 15) is 13.2 Å². The fraction of sp³-hybridized carbons (Fsp3) is 0.429. The third-order valence-electron chi connectivity index (χ3n) is 3.70. The number of nitrogens with zero attached hydrogens (tertiary/aromatic N) is 2. The van der Waals surface area contributed by atoms with Gasteiger partial charge in [-0.15, -0.1) is 11.3 Å². The zero-order chi connectivity index (χ0) is 15.7. The molecule has 1 aliphatic heterocycles. The number of rotatable bonds is 5. The van der Waals surface area contributed by atoms with Gasteiger partial charge in [-0.3, -0.25) is 4.79 Å². The number of carbonyl (C=O) groups excluding carboxylic acids is 1. The van der Waals surface area contributed by atoms with E-state index in [4.69, 9.17) is 5.14 Å². The van der Waals surface area contributed by atoms with Crippen molar-refractivity contribution in [2.24, 2.45) is 11.1 Å². The molecule has 1 aromatic carbocycles. The Kier molecular flexibility index (Phi) is 4.16. The summed E-state index contributed by atoms with van der Waals surface area (Å²) in [6.07, 6.45) is 0.948. The standard InChI is InChI=1S/C14H17N3O3S2/c15-22(19,20)9-10-7-14(18)17(8-10)6-5-13-16-11-3-1-2-4-12(11)21-13/h1-4,10H,5-9H2,(H2,15,19,20). The van der Waals surface area contributed by atoms with Crippen molar-refractivity contribution in [3.63, 3.8) is 0 Å². The normalized spacial score (nSPS) is 19.2. The number of fused-ring (bicyclic) bond motifs is 1. The zero-order valence-electron chi connectivity index (χ0n) is 11.9. The quantitative estimate of drug-likeness (QED) is 0.878. The first kappa shape index (κ1) is 15.4. The van der Waals surface area contributed by atoms with Crippen LogP contribution in [0.4, 0.5) is 0 Å². The zero-order valence-corrected chi connectivity index (χ0v) is 13.6. The van der Waals surface area contributed by atoms with Gasteiger partial charge in [0.05, 0.1) is 21.0 Å². The van der Waals surface area contributed by atoms with E-state index < -0.39 is 10.0 Å². The highest BCUT2D eigenvalue weighted by Crippen LogP contribution is 2.23. The molecule has 0 radical (unpaired) electrons. The van der Waals surface area contributed by atoms with E-state index in [2.05, 4.69) is 4.98 Å². The fourth-order valence-electron chi connectivity index (χ4n) is 2.77. The summed E-state index contributed by atoms with van der Waals surface area (Å²) < 4.78 is 23.4. The van der Waals surface area contributed by atoms with Crippen LogP contribution in [0.5, 0.6) is 0 Å². The predicted octanol–water partition coefficient (Wildman–Crippen LogP) is 0.976. The maximum absolute atomic E-state index is 11.9. The molecule has 0 bridgehead atoms. The number of para-hydroxylation sites is 1. The van der Waals surface area contributed by atoms with Gasteiger partial charge in [0.2, 0.25) is 15.9 Å². The molecule has 1 aliphatic rings. The summed E-state index contributed by atoms with van der Waals surface area (Å²) in [6, 6.07) is 7.93. The molecule has 1 fully saturated rings. The number of amides is 1. The summed E-state index contributed by atoms with van der Waals surface area (Å²) >= 11 is 1.63. The van der Waals surface area contributed by atoms with Gasteiger partial charge < -0.3 is 4.90 Å². The molecule has 1 amide bonds. The molecule has 2 aromatic rings. The summed E-state index contributed by atoms with van der Waals surface area (Å²) in [5.41, 5.74) is 0.974. The van der Waals surface area contributed by atoms with Gasteiger partial charge in [0.25, 0.3) is 0 Å². The molecule has 1 aromatic heterocycles. The number of nitrogens with two attached hydrogens (primary N) is 1. The number of hydrogen-bond donors (Lipinski definition) is 1. The topological polar surface area (TPSA) is 93.4 Å². The van der Waals surface area contributed by atoms with Crippen LogP contribution in [0.2, 0.25) is 0 Å². The van der Waals surface area contributed by atoms with Gasteiger partial charge in [-0.05, 0) is 12.1 Å². The molecule has 1 unspecified atom stereocenters. The van der Waals surface area contributed by atoms with Gasteiger partial charge in [0.1, 0.15) is 0 Å². The summed E-state index contributed by atoms with van der Waals surface area (Å²) in [5.74, 6) is -0.330. The molecule has 1 saturated heterocycles. The van der Waals surface area contributed by atoms with Crippen LogP contribution in [-0.4, -0.2) is 43.1 Å². The monoisotopic (exact) mass is 339 g/mol. The van der Waals surface area contributed by atoms with E-state index in [0.717, 1.165) is 15.2 Å².